The van der Waals surface area contributed by atoms with Crippen LogP contribution < -0.4 is 19.6 Å². The minimum Gasteiger partial charge on any atom is -0.806 e. The molecule has 0 spiro atoms. The number of rotatable bonds is 2. The Bertz CT molecular complexity index is 151. The third-order valence-electron chi connectivity index (χ3n) is 0.207. The molecule has 0 atom stereocenters. The Morgan fingerprint density at radius 2 is 1.56 bits per heavy atom. The van der Waals surface area contributed by atoms with E-state index in [1.165, 1.54) is 0 Å². The second-order valence-electron chi connectivity index (χ2n) is 1.03. The zero-order chi connectivity index (χ0) is 7.71. The SMILES string of the molecule is N=P([O-])([O-])OP(=O)([O-])[O-]. The van der Waals surface area contributed by atoms with E-state index in [0.29, 0.717) is 0 Å². The molecule has 0 saturated carbocycles. The van der Waals surface area contributed by atoms with Crippen molar-refractivity contribution in [1.82, 2.24) is 0 Å². The highest BCUT2D eigenvalue weighted by atomic mass is 31.3. The van der Waals surface area contributed by atoms with Gasteiger partial charge in [0.05, 0.1) is 7.82 Å². The van der Waals surface area contributed by atoms with Crippen molar-refractivity contribution in [1.29, 1.82) is 5.16 Å². The molecule has 0 amide bonds. The van der Waals surface area contributed by atoms with Crippen LogP contribution in [0.2, 0.25) is 0 Å². The van der Waals surface area contributed by atoms with Gasteiger partial charge in [-0.15, -0.1) is 0 Å². The summed E-state index contributed by atoms with van der Waals surface area (Å²) in [4.78, 5) is 37.9. The predicted molar refractivity (Wildman–Crippen MR) is 18.3 cm³/mol. The van der Waals surface area contributed by atoms with Crippen LogP contribution in [0, 0.1) is 5.16 Å². The van der Waals surface area contributed by atoms with Crippen LogP contribution in [-0.4, -0.2) is 0 Å². The van der Waals surface area contributed by atoms with Gasteiger partial charge in [-0.05, 0) is 0 Å². The Morgan fingerprint density at radius 3 is 1.56 bits per heavy atom. The molecule has 0 aliphatic rings. The van der Waals surface area contributed by atoms with Gasteiger partial charge in [-0.3, -0.25) is 0 Å². The van der Waals surface area contributed by atoms with Gasteiger partial charge in [0.1, 0.15) is 0 Å². The summed E-state index contributed by atoms with van der Waals surface area (Å²) in [5.74, 6) is 0. The average Bonchev–Trinajstić information content (AvgIpc) is 1.14. The molecule has 7 nitrogen and oxygen atoms in total. The first kappa shape index (κ1) is 9.26. The van der Waals surface area contributed by atoms with E-state index in [1.54, 1.807) is 0 Å². The lowest BCUT2D eigenvalue weighted by Gasteiger charge is -2.43. The minimum atomic E-state index is -5.55. The Morgan fingerprint density at radius 1 is 1.22 bits per heavy atom. The molecule has 0 aromatic rings. The zero-order valence-corrected chi connectivity index (χ0v) is 5.63. The summed E-state index contributed by atoms with van der Waals surface area (Å²) in [5, 5.41) is 5.79. The van der Waals surface area contributed by atoms with Gasteiger partial charge in [-0.2, -0.15) is 0 Å². The van der Waals surface area contributed by atoms with E-state index in [0.717, 1.165) is 0 Å². The summed E-state index contributed by atoms with van der Waals surface area (Å²) in [6.45, 7) is 0. The standard InChI is InChI=1S/H3NO6P2/c1-8(2,3)7-9(4,5)6/h(H3-2,1,2,3,4,5,6)/q-2/p-2. The molecule has 0 rings (SSSR count). The first-order valence-corrected chi connectivity index (χ1v) is 4.50. The van der Waals surface area contributed by atoms with E-state index in [-0.39, 0.29) is 0 Å². The third kappa shape index (κ3) is 8.26. The lowest BCUT2D eigenvalue weighted by atomic mass is 14.0. The van der Waals surface area contributed by atoms with E-state index in [2.05, 4.69) is 4.31 Å². The molecule has 0 aliphatic carbocycles. The van der Waals surface area contributed by atoms with Crippen molar-refractivity contribution in [3.05, 3.63) is 0 Å². The normalized spacial score (nSPS) is 13.8. The smallest absolute Gasteiger partial charge is 0.0630 e. The third-order valence-corrected chi connectivity index (χ3v) is 1.87. The highest BCUT2D eigenvalue weighted by Crippen LogP contribution is 2.43. The molecule has 0 bridgehead atoms. The van der Waals surface area contributed by atoms with Crippen LogP contribution >= 0.6 is 15.6 Å². The Hall–Kier alpha value is 0.260. The maximum absolute atomic E-state index is 9.55. The number of phosphoric acid groups is 1. The lowest BCUT2D eigenvalue weighted by Crippen LogP contribution is -2.22. The maximum Gasteiger partial charge on any atom is 0.0630 e. The molecular formula is HNO6P2-4. The quantitative estimate of drug-likeness (QED) is 0.443. The molecule has 0 aromatic carbocycles. The first-order chi connectivity index (χ1) is 3.71. The molecule has 0 aromatic heterocycles. The van der Waals surface area contributed by atoms with Gasteiger partial charge in [-0.25, -0.2) is 0 Å². The van der Waals surface area contributed by atoms with E-state index >= 15 is 0 Å². The minimum absolute atomic E-state index is 2.74. The Labute approximate surface area is 50.3 Å². The second kappa shape index (κ2) is 2.48. The molecule has 0 fully saturated rings. The summed E-state index contributed by atoms with van der Waals surface area (Å²) in [6.07, 6.45) is 0. The van der Waals surface area contributed by atoms with Crippen LogP contribution in [0.3, 0.4) is 0 Å². The predicted octanol–water partition coefficient (Wildman–Crippen LogP) is -2.92. The molecule has 0 saturated heterocycles. The average molecular weight is 173 g/mol. The lowest BCUT2D eigenvalue weighted by molar-refractivity contribution is -0.358. The van der Waals surface area contributed by atoms with Crippen molar-refractivity contribution in [2.45, 2.75) is 0 Å². The van der Waals surface area contributed by atoms with Gasteiger partial charge in [0.2, 0.25) is 0 Å². The first-order valence-electron chi connectivity index (χ1n) is 1.50. The molecule has 9 heavy (non-hydrogen) atoms. The van der Waals surface area contributed by atoms with Gasteiger partial charge >= 0.3 is 0 Å². The van der Waals surface area contributed by atoms with E-state index in [9.17, 15) is 24.1 Å². The van der Waals surface area contributed by atoms with Crippen LogP contribution in [0.1, 0.15) is 0 Å². The summed E-state index contributed by atoms with van der Waals surface area (Å²) >= 11 is 0. The molecule has 0 unspecified atom stereocenters. The van der Waals surface area contributed by atoms with E-state index in [4.69, 9.17) is 5.16 Å². The van der Waals surface area contributed by atoms with E-state index in [1.807, 2.05) is 0 Å². The fourth-order valence-corrected chi connectivity index (χ4v) is 1.18. The van der Waals surface area contributed by atoms with Crippen molar-refractivity contribution >= 4 is 15.6 Å². The van der Waals surface area contributed by atoms with Crippen molar-refractivity contribution < 1.29 is 28.4 Å². The van der Waals surface area contributed by atoms with Crippen molar-refractivity contribution in [2.75, 3.05) is 0 Å². The Kier molecular flexibility index (Phi) is 2.55. The van der Waals surface area contributed by atoms with Gasteiger partial charge in [-0.1, -0.05) is 7.74 Å². The number of hydrogen-bond acceptors (Lipinski definition) is 7. The maximum atomic E-state index is 9.55. The van der Waals surface area contributed by atoms with E-state index < -0.39 is 15.6 Å². The topological polar surface area (TPSA) is 142 Å². The molecular weight excluding hydrogens is 172 g/mol. The monoisotopic (exact) mass is 173 g/mol. The van der Waals surface area contributed by atoms with Crippen LogP contribution in [0.25, 0.3) is 0 Å². The van der Waals surface area contributed by atoms with Crippen LogP contribution in [0.15, 0.2) is 0 Å². The number of hydrogen-bond donors (Lipinski definition) is 1. The highest BCUT2D eigenvalue weighted by Gasteiger charge is 1.88. The number of nitrogens with one attached hydrogen (secondary N) is 1. The van der Waals surface area contributed by atoms with Crippen molar-refractivity contribution in [2.24, 2.45) is 0 Å². The van der Waals surface area contributed by atoms with Crippen molar-refractivity contribution in [3.63, 3.8) is 0 Å². The van der Waals surface area contributed by atoms with Gasteiger partial charge < -0.3 is 33.6 Å². The molecule has 0 radical (unpaired) electrons. The molecule has 0 heterocycles. The van der Waals surface area contributed by atoms with Crippen LogP contribution in [0.4, 0.5) is 0 Å². The fraction of sp³-hybridized carbons (Fsp3) is 0. The summed E-state index contributed by atoms with van der Waals surface area (Å²) < 4.78 is 12.1. The fourth-order valence-electron chi connectivity index (χ4n) is 0.132. The van der Waals surface area contributed by atoms with Crippen LogP contribution in [-0.2, 0) is 8.88 Å². The molecule has 0 aliphatic heterocycles. The molecule has 9 heteroatoms. The van der Waals surface area contributed by atoms with Gasteiger partial charge in [0, 0.05) is 0 Å². The second-order valence-corrected chi connectivity index (χ2v) is 3.57. The zero-order valence-electron chi connectivity index (χ0n) is 3.84. The molecule has 1 N–H and O–H groups in total. The molecule has 56 valence electrons. The summed E-state index contributed by atoms with van der Waals surface area (Å²) in [6, 6.07) is 0. The highest BCUT2D eigenvalue weighted by molar-refractivity contribution is 7.57. The van der Waals surface area contributed by atoms with Crippen molar-refractivity contribution in [3.8, 4) is 0 Å². The largest absolute Gasteiger partial charge is 0.806 e. The Balaban J connectivity index is 4.07. The summed E-state index contributed by atoms with van der Waals surface area (Å²) in [5.41, 5.74) is 0. The van der Waals surface area contributed by atoms with Gasteiger partial charge in [0.15, 0.2) is 0 Å². The summed E-state index contributed by atoms with van der Waals surface area (Å²) in [7, 11) is -10.7. The van der Waals surface area contributed by atoms with Crippen LogP contribution in [0.5, 0.6) is 0 Å². The van der Waals surface area contributed by atoms with Gasteiger partial charge in [0.25, 0.3) is 0 Å².